The van der Waals surface area contributed by atoms with Crippen molar-refractivity contribution in [3.05, 3.63) is 0 Å². The van der Waals surface area contributed by atoms with Crippen LogP contribution in [0.4, 0.5) is 4.79 Å². The number of carbonyl (C=O) groups excluding carboxylic acids is 1. The summed E-state index contributed by atoms with van der Waals surface area (Å²) in [4.78, 5) is 16.0. The van der Waals surface area contributed by atoms with E-state index in [0.29, 0.717) is 45.6 Å². The Morgan fingerprint density at radius 2 is 1.67 bits per heavy atom. The summed E-state index contributed by atoms with van der Waals surface area (Å²) >= 11 is 0. The number of sulfone groups is 1. The van der Waals surface area contributed by atoms with Crippen LogP contribution in [0.2, 0.25) is 0 Å². The molecule has 0 aromatic rings. The van der Waals surface area contributed by atoms with Gasteiger partial charge in [-0.25, -0.2) is 13.2 Å². The number of hydrogen-bond acceptors (Lipinski definition) is 6. The van der Waals surface area contributed by atoms with E-state index in [1.165, 1.54) is 6.26 Å². The molecule has 0 aliphatic carbocycles. The SMILES string of the molecule is CC(C)(C)OC(=O)N1CCN(CC2(S(C)(=O)=O)CCNCC2)CC1. The molecule has 8 heteroatoms. The Balaban J connectivity index is 1.93. The summed E-state index contributed by atoms with van der Waals surface area (Å²) in [5.74, 6) is 0. The smallest absolute Gasteiger partial charge is 0.410 e. The Labute approximate surface area is 145 Å². The lowest BCUT2D eigenvalue weighted by atomic mass is 9.96. The van der Waals surface area contributed by atoms with Crippen molar-refractivity contribution in [3.8, 4) is 0 Å². The van der Waals surface area contributed by atoms with Crippen LogP contribution in [0.3, 0.4) is 0 Å². The van der Waals surface area contributed by atoms with Crippen molar-refractivity contribution in [1.29, 1.82) is 0 Å². The van der Waals surface area contributed by atoms with Gasteiger partial charge in [-0.15, -0.1) is 0 Å². The Bertz CT molecular complexity index is 542. The molecule has 0 bridgehead atoms. The van der Waals surface area contributed by atoms with Gasteiger partial charge in [0.05, 0.1) is 4.75 Å². The fraction of sp³-hybridized carbons (Fsp3) is 0.938. The van der Waals surface area contributed by atoms with Crippen molar-refractivity contribution in [3.63, 3.8) is 0 Å². The van der Waals surface area contributed by atoms with E-state index >= 15 is 0 Å². The van der Waals surface area contributed by atoms with E-state index in [4.69, 9.17) is 4.74 Å². The highest BCUT2D eigenvalue weighted by molar-refractivity contribution is 7.92. The third-order valence-electron chi connectivity index (χ3n) is 4.84. The summed E-state index contributed by atoms with van der Waals surface area (Å²) in [6.07, 6.45) is 2.37. The number of nitrogens with one attached hydrogen (secondary N) is 1. The standard InChI is InChI=1S/C16H31N3O4S/c1-15(2,3)23-14(20)19-11-9-18(10-12-19)13-16(24(4,21)22)5-7-17-8-6-16/h17H,5-13H2,1-4H3. The molecule has 0 aromatic heterocycles. The molecule has 0 unspecified atom stereocenters. The zero-order chi connectivity index (χ0) is 18.0. The minimum Gasteiger partial charge on any atom is -0.444 e. The van der Waals surface area contributed by atoms with Crippen molar-refractivity contribution in [1.82, 2.24) is 15.1 Å². The topological polar surface area (TPSA) is 79.0 Å². The lowest BCUT2D eigenvalue weighted by molar-refractivity contribution is 0.0134. The van der Waals surface area contributed by atoms with Gasteiger partial charge in [-0.2, -0.15) is 0 Å². The highest BCUT2D eigenvalue weighted by Crippen LogP contribution is 2.29. The maximum absolute atomic E-state index is 12.4. The number of hydrogen-bond donors (Lipinski definition) is 1. The molecule has 0 atom stereocenters. The number of piperidine rings is 1. The molecule has 0 aromatic carbocycles. The molecule has 2 saturated heterocycles. The van der Waals surface area contributed by atoms with E-state index < -0.39 is 20.2 Å². The predicted molar refractivity (Wildman–Crippen MR) is 93.9 cm³/mol. The van der Waals surface area contributed by atoms with E-state index in [2.05, 4.69) is 10.2 Å². The van der Waals surface area contributed by atoms with E-state index in [1.807, 2.05) is 20.8 Å². The molecule has 1 amide bonds. The molecule has 2 rings (SSSR count). The van der Waals surface area contributed by atoms with Gasteiger partial charge in [0, 0.05) is 39.0 Å². The summed E-state index contributed by atoms with van der Waals surface area (Å²) in [6.45, 7) is 10.1. The second-order valence-corrected chi connectivity index (χ2v) is 10.4. The Morgan fingerprint density at radius 1 is 1.12 bits per heavy atom. The third kappa shape index (κ3) is 4.83. The van der Waals surface area contributed by atoms with E-state index in [9.17, 15) is 13.2 Å². The zero-order valence-corrected chi connectivity index (χ0v) is 16.1. The van der Waals surface area contributed by atoms with Gasteiger partial charge in [0.15, 0.2) is 9.84 Å². The number of amides is 1. The first kappa shape index (κ1) is 19.5. The van der Waals surface area contributed by atoms with Crippen LogP contribution in [-0.4, -0.2) is 86.7 Å². The fourth-order valence-electron chi connectivity index (χ4n) is 3.35. The van der Waals surface area contributed by atoms with Gasteiger partial charge in [-0.05, 0) is 46.7 Å². The molecular weight excluding hydrogens is 330 g/mol. The first-order chi connectivity index (χ1) is 11.0. The molecule has 2 aliphatic rings. The highest BCUT2D eigenvalue weighted by Gasteiger charge is 2.43. The van der Waals surface area contributed by atoms with Crippen molar-refractivity contribution >= 4 is 15.9 Å². The van der Waals surface area contributed by atoms with Gasteiger partial charge in [0.2, 0.25) is 0 Å². The summed E-state index contributed by atoms with van der Waals surface area (Å²) < 4.78 is 29.5. The second kappa shape index (κ2) is 7.17. The summed E-state index contributed by atoms with van der Waals surface area (Å²) in [5, 5.41) is 3.24. The van der Waals surface area contributed by atoms with Crippen LogP contribution in [-0.2, 0) is 14.6 Å². The minimum absolute atomic E-state index is 0.290. The molecular formula is C16H31N3O4S. The first-order valence-electron chi connectivity index (χ1n) is 8.63. The largest absolute Gasteiger partial charge is 0.444 e. The van der Waals surface area contributed by atoms with Gasteiger partial charge < -0.3 is 15.0 Å². The summed E-state index contributed by atoms with van der Waals surface area (Å²) in [5.41, 5.74) is -0.496. The third-order valence-corrected chi connectivity index (χ3v) is 6.95. The molecule has 2 aliphatic heterocycles. The van der Waals surface area contributed by atoms with Crippen LogP contribution in [0.5, 0.6) is 0 Å². The average Bonchev–Trinajstić information content (AvgIpc) is 2.46. The van der Waals surface area contributed by atoms with Gasteiger partial charge >= 0.3 is 6.09 Å². The lowest BCUT2D eigenvalue weighted by Gasteiger charge is -2.42. The fourth-order valence-corrected chi connectivity index (χ4v) is 4.71. The van der Waals surface area contributed by atoms with Crippen molar-refractivity contribution in [2.45, 2.75) is 44.0 Å². The first-order valence-corrected chi connectivity index (χ1v) is 10.5. The van der Waals surface area contributed by atoms with Crippen molar-refractivity contribution in [2.24, 2.45) is 0 Å². The molecule has 7 nitrogen and oxygen atoms in total. The quantitative estimate of drug-likeness (QED) is 0.797. The van der Waals surface area contributed by atoms with Crippen molar-refractivity contribution in [2.75, 3.05) is 52.1 Å². The van der Waals surface area contributed by atoms with E-state index in [-0.39, 0.29) is 6.09 Å². The Hall–Kier alpha value is -0.860. The number of carbonyl (C=O) groups is 1. The molecule has 1 N–H and O–H groups in total. The van der Waals surface area contributed by atoms with E-state index in [1.54, 1.807) is 4.90 Å². The lowest BCUT2D eigenvalue weighted by Crippen LogP contribution is -2.58. The van der Waals surface area contributed by atoms with E-state index in [0.717, 1.165) is 13.1 Å². The normalized spacial score (nSPS) is 23.1. The van der Waals surface area contributed by atoms with Crippen LogP contribution in [0.1, 0.15) is 33.6 Å². The Kier molecular flexibility index (Phi) is 5.82. The molecule has 0 saturated carbocycles. The number of rotatable bonds is 3. The Morgan fingerprint density at radius 3 is 2.12 bits per heavy atom. The van der Waals surface area contributed by atoms with Gasteiger partial charge in [0.1, 0.15) is 5.60 Å². The molecule has 0 spiro atoms. The number of ether oxygens (including phenoxy) is 1. The van der Waals surface area contributed by atoms with Gasteiger partial charge in [0.25, 0.3) is 0 Å². The second-order valence-electron chi connectivity index (χ2n) is 7.95. The van der Waals surface area contributed by atoms with Crippen LogP contribution < -0.4 is 5.32 Å². The van der Waals surface area contributed by atoms with Crippen molar-refractivity contribution < 1.29 is 17.9 Å². The van der Waals surface area contributed by atoms with Crippen LogP contribution in [0.15, 0.2) is 0 Å². The van der Waals surface area contributed by atoms with Crippen LogP contribution in [0, 0.1) is 0 Å². The molecule has 2 fully saturated rings. The predicted octanol–water partition coefficient (Wildman–Crippen LogP) is 0.706. The molecule has 140 valence electrons. The summed E-state index contributed by atoms with van der Waals surface area (Å²) in [6, 6.07) is 0. The van der Waals surface area contributed by atoms with Gasteiger partial charge in [-0.3, -0.25) is 4.90 Å². The maximum Gasteiger partial charge on any atom is 0.410 e. The number of nitrogens with zero attached hydrogens (tertiary/aromatic N) is 2. The molecule has 0 radical (unpaired) electrons. The number of piperazine rings is 1. The summed E-state index contributed by atoms with van der Waals surface area (Å²) in [7, 11) is -3.13. The molecule has 2 heterocycles. The maximum atomic E-state index is 12.4. The average molecular weight is 362 g/mol. The van der Waals surface area contributed by atoms with Crippen LogP contribution >= 0.6 is 0 Å². The zero-order valence-electron chi connectivity index (χ0n) is 15.3. The van der Waals surface area contributed by atoms with Crippen LogP contribution in [0.25, 0.3) is 0 Å². The highest BCUT2D eigenvalue weighted by atomic mass is 32.2. The van der Waals surface area contributed by atoms with Gasteiger partial charge in [-0.1, -0.05) is 0 Å². The minimum atomic E-state index is -3.13. The molecule has 24 heavy (non-hydrogen) atoms. The monoisotopic (exact) mass is 361 g/mol.